The monoisotopic (exact) mass is 1140 g/mol. The Balaban J connectivity index is 1.37. The van der Waals surface area contributed by atoms with Crippen molar-refractivity contribution in [2.24, 2.45) is 22.3 Å². The third-order valence-corrected chi connectivity index (χ3v) is 14.4. The summed E-state index contributed by atoms with van der Waals surface area (Å²) >= 11 is 0. The maximum absolute atomic E-state index is 14.7. The SMILES string of the molecule is CN[C@@H](C)C(=O)N[C@H](C(=O)N1C[C@@H](NC(=O)c2ccc(C(=O)N[C@H]3C[C@@H](C(=O)N[C@H](COCC(N)=O)c4ccccc4)N(C(=O)[C@@H](NC(=O)[C@H](C)NC)C(C)(C)C)C3)cc2)C[C@H]1C(=O)N[C@H](COCC(N)=O)c1ccccc1)C(C)(C)C. The molecule has 5 rings (SSSR count). The number of nitrogens with zero attached hydrogens (tertiary/aromatic N) is 2. The maximum Gasteiger partial charge on any atom is 0.251 e. The highest BCUT2D eigenvalue weighted by Crippen LogP contribution is 2.30. The molecule has 0 radical (unpaired) electrons. The predicted molar refractivity (Wildman–Crippen MR) is 304 cm³/mol. The molecule has 2 heterocycles. The van der Waals surface area contributed by atoms with Crippen LogP contribution in [0.3, 0.4) is 0 Å². The number of amides is 10. The van der Waals surface area contributed by atoms with Crippen molar-refractivity contribution in [3.63, 3.8) is 0 Å². The zero-order valence-electron chi connectivity index (χ0n) is 48.5. The van der Waals surface area contributed by atoms with Crippen LogP contribution in [0.15, 0.2) is 84.9 Å². The highest BCUT2D eigenvalue weighted by atomic mass is 16.5. The van der Waals surface area contributed by atoms with Gasteiger partial charge in [-0.3, -0.25) is 47.9 Å². The summed E-state index contributed by atoms with van der Waals surface area (Å²) in [6.07, 6.45) is -0.0575. The number of nitrogens with one attached hydrogen (secondary N) is 8. The number of likely N-dealkylation sites (N-methyl/N-ethyl adjacent to an activating group) is 2. The van der Waals surface area contributed by atoms with E-state index in [9.17, 15) is 47.9 Å². The van der Waals surface area contributed by atoms with Crippen molar-refractivity contribution >= 4 is 59.1 Å². The number of carbonyl (C=O) groups excluding carboxylic acids is 10. The number of carbonyl (C=O) groups is 10. The largest absolute Gasteiger partial charge is 0.369 e. The Hall–Kier alpha value is -7.80. The average molecular weight is 1140 g/mol. The van der Waals surface area contributed by atoms with Crippen LogP contribution in [0.1, 0.15) is 112 Å². The predicted octanol–water partition coefficient (Wildman–Crippen LogP) is 0.0816. The minimum atomic E-state index is -1.14. The molecule has 24 nitrogen and oxygen atoms in total. The smallest absolute Gasteiger partial charge is 0.251 e. The average Bonchev–Trinajstić information content (AvgIpc) is 4.20. The first kappa shape index (κ1) is 65.0. The Morgan fingerprint density at radius 2 is 0.854 bits per heavy atom. The molecule has 10 atom stereocenters. The van der Waals surface area contributed by atoms with Crippen molar-refractivity contribution in [3.8, 4) is 0 Å². The normalized spacial score (nSPS) is 19.3. The van der Waals surface area contributed by atoms with Gasteiger partial charge in [0.05, 0.1) is 37.4 Å². The molecule has 2 saturated heterocycles. The second-order valence-electron chi connectivity index (χ2n) is 22.9. The molecule has 0 spiro atoms. The van der Waals surface area contributed by atoms with Gasteiger partial charge in [-0.1, -0.05) is 102 Å². The third kappa shape index (κ3) is 18.1. The first-order valence-corrected chi connectivity index (χ1v) is 27.3. The Morgan fingerprint density at radius 1 is 0.524 bits per heavy atom. The molecule has 24 heteroatoms. The van der Waals surface area contributed by atoms with Crippen LogP contribution >= 0.6 is 0 Å². The van der Waals surface area contributed by atoms with E-state index in [-0.39, 0.29) is 50.3 Å². The van der Waals surface area contributed by atoms with E-state index in [1.807, 2.05) is 0 Å². The van der Waals surface area contributed by atoms with Gasteiger partial charge < -0.3 is 73.3 Å². The fraction of sp³-hybridized carbons (Fsp3) is 0.517. The van der Waals surface area contributed by atoms with Crippen molar-refractivity contribution in [1.82, 2.24) is 52.3 Å². The summed E-state index contributed by atoms with van der Waals surface area (Å²) in [6, 6.07) is 14.6. The summed E-state index contributed by atoms with van der Waals surface area (Å²) in [7, 11) is 3.22. The summed E-state index contributed by atoms with van der Waals surface area (Å²) in [4.78, 5) is 139. The summed E-state index contributed by atoms with van der Waals surface area (Å²) in [5.41, 5.74) is 10.6. The van der Waals surface area contributed by atoms with Crippen molar-refractivity contribution < 1.29 is 57.4 Å². The van der Waals surface area contributed by atoms with Crippen molar-refractivity contribution in [1.29, 1.82) is 0 Å². The molecule has 0 unspecified atom stereocenters. The molecular formula is C58H82N12O12. The van der Waals surface area contributed by atoms with E-state index in [2.05, 4.69) is 42.5 Å². The number of primary amides is 2. The first-order chi connectivity index (χ1) is 38.6. The highest BCUT2D eigenvalue weighted by molar-refractivity contribution is 5.99. The zero-order chi connectivity index (χ0) is 60.6. The third-order valence-electron chi connectivity index (χ3n) is 14.4. The lowest BCUT2D eigenvalue weighted by atomic mass is 9.85. The summed E-state index contributed by atoms with van der Waals surface area (Å²) in [5.74, 6) is -5.70. The summed E-state index contributed by atoms with van der Waals surface area (Å²) in [5, 5.41) is 23.2. The minimum Gasteiger partial charge on any atom is -0.369 e. The molecule has 0 bridgehead atoms. The molecule has 2 aliphatic heterocycles. The Morgan fingerprint density at radius 3 is 1.15 bits per heavy atom. The number of rotatable bonds is 26. The molecule has 3 aromatic rings. The van der Waals surface area contributed by atoms with E-state index in [0.29, 0.717) is 11.1 Å². The van der Waals surface area contributed by atoms with Gasteiger partial charge in [0.1, 0.15) is 37.4 Å². The number of hydrogen-bond donors (Lipinski definition) is 10. The van der Waals surface area contributed by atoms with Gasteiger partial charge in [0.25, 0.3) is 11.8 Å². The molecule has 82 heavy (non-hydrogen) atoms. The van der Waals surface area contributed by atoms with Crippen LogP contribution in [-0.2, 0) is 47.8 Å². The molecule has 2 fully saturated rings. The Labute approximate surface area is 479 Å². The fourth-order valence-electron chi connectivity index (χ4n) is 9.51. The number of nitrogens with two attached hydrogens (primary N) is 2. The second-order valence-corrected chi connectivity index (χ2v) is 22.9. The van der Waals surface area contributed by atoms with Crippen LogP contribution in [-0.4, -0.2) is 171 Å². The van der Waals surface area contributed by atoms with Crippen molar-refractivity contribution in [2.45, 2.75) is 129 Å². The second kappa shape index (κ2) is 29.3. The van der Waals surface area contributed by atoms with Gasteiger partial charge >= 0.3 is 0 Å². The lowest BCUT2D eigenvalue weighted by Crippen LogP contribution is -2.59. The van der Waals surface area contributed by atoms with E-state index < -0.39 is 144 Å². The van der Waals surface area contributed by atoms with E-state index >= 15 is 0 Å². The Bertz CT molecular complexity index is 2550. The van der Waals surface area contributed by atoms with Crippen LogP contribution in [0.2, 0.25) is 0 Å². The standard InChI is InChI=1S/C58H82N12O12/c1-33(61-9)49(73)67-47(57(3,4)5)55(79)69-27-39(25-43(69)53(77)65-41(29-81-31-45(59)71)35-17-13-11-14-18-35)63-51(75)37-21-23-38(24-22-37)52(76)64-40-26-44(54(78)66-42(30-82-32-46(60)72)36-19-15-12-16-20-36)70(28-40)56(80)48(58(6,7)8)68-50(74)34(2)62-10/h11-24,33-34,39-44,47-48,61-62H,25-32H2,1-10H3,(H2,59,71)(H2,60,72)(H,63,75)(H,64,76)(H,65,77)(H,66,78)(H,67,73)(H,68,74)/t33-,34-,39-,40-,41+,42+,43-,44-,47+,48+/m0/s1. The minimum absolute atomic E-state index is 0.0287. The van der Waals surface area contributed by atoms with Crippen LogP contribution in [0.25, 0.3) is 0 Å². The van der Waals surface area contributed by atoms with Crippen LogP contribution in [0.4, 0.5) is 0 Å². The highest BCUT2D eigenvalue weighted by Gasteiger charge is 2.48. The van der Waals surface area contributed by atoms with Crippen LogP contribution < -0.4 is 54.0 Å². The van der Waals surface area contributed by atoms with Gasteiger partial charge in [0.2, 0.25) is 47.3 Å². The maximum atomic E-state index is 14.7. The van der Waals surface area contributed by atoms with Gasteiger partial charge in [-0.25, -0.2) is 0 Å². The number of likely N-dealkylation sites (tertiary alicyclic amines) is 2. The molecule has 0 saturated carbocycles. The molecular weight excluding hydrogens is 1060 g/mol. The summed E-state index contributed by atoms with van der Waals surface area (Å²) in [6.45, 7) is 12.7. The molecule has 0 aromatic heterocycles. The van der Waals surface area contributed by atoms with Gasteiger partial charge in [-0.05, 0) is 87.0 Å². The number of ether oxygens (including phenoxy) is 2. The van der Waals surface area contributed by atoms with E-state index in [4.69, 9.17) is 20.9 Å². The molecule has 2 aliphatic rings. The fourth-order valence-corrected chi connectivity index (χ4v) is 9.51. The van der Waals surface area contributed by atoms with Gasteiger partial charge in [0, 0.05) is 36.3 Å². The molecule has 446 valence electrons. The molecule has 12 N–H and O–H groups in total. The van der Waals surface area contributed by atoms with Crippen LogP contribution in [0, 0.1) is 10.8 Å². The zero-order valence-corrected chi connectivity index (χ0v) is 48.5. The van der Waals surface area contributed by atoms with Gasteiger partial charge in [-0.2, -0.15) is 0 Å². The molecule has 0 aliphatic carbocycles. The lowest BCUT2D eigenvalue weighted by Gasteiger charge is -2.36. The number of benzene rings is 3. The van der Waals surface area contributed by atoms with Gasteiger partial charge in [0.15, 0.2) is 0 Å². The van der Waals surface area contributed by atoms with Crippen molar-refractivity contribution in [2.75, 3.05) is 53.6 Å². The quantitative estimate of drug-likeness (QED) is 0.0509. The topological polar surface area (TPSA) is 344 Å². The van der Waals surface area contributed by atoms with E-state index in [0.717, 1.165) is 0 Å². The Kier molecular flexibility index (Phi) is 23.2. The van der Waals surface area contributed by atoms with Gasteiger partial charge in [-0.15, -0.1) is 0 Å². The van der Waals surface area contributed by atoms with E-state index in [1.54, 1.807) is 130 Å². The van der Waals surface area contributed by atoms with Crippen molar-refractivity contribution in [3.05, 3.63) is 107 Å². The number of hydrogen-bond acceptors (Lipinski definition) is 14. The lowest BCUT2D eigenvalue weighted by molar-refractivity contribution is -0.144. The first-order valence-electron chi connectivity index (χ1n) is 27.3. The van der Waals surface area contributed by atoms with E-state index in [1.165, 1.54) is 34.1 Å². The molecule has 10 amide bonds. The molecule has 3 aromatic carbocycles. The summed E-state index contributed by atoms with van der Waals surface area (Å²) < 4.78 is 11.1. The van der Waals surface area contributed by atoms with Crippen LogP contribution in [0.5, 0.6) is 0 Å².